The second kappa shape index (κ2) is 11.1. The molecule has 0 amide bonds. The maximum Gasteiger partial charge on any atom is 0.193 e. The van der Waals surface area contributed by atoms with Crippen molar-refractivity contribution in [2.24, 2.45) is 4.99 Å². The molecule has 0 spiro atoms. The molecule has 0 aromatic heterocycles. The SMILES string of the molecule is CN=C(NCCCc1ccc(OC)c(OC)c1)N1CCSC(C)(C)C1.I. The largest absolute Gasteiger partial charge is 0.493 e. The van der Waals surface area contributed by atoms with E-state index in [0.29, 0.717) is 0 Å². The number of ether oxygens (including phenoxy) is 2. The lowest BCUT2D eigenvalue weighted by Crippen LogP contribution is -2.51. The Labute approximate surface area is 179 Å². The molecule has 1 aromatic rings. The van der Waals surface area contributed by atoms with Crippen LogP contribution >= 0.6 is 35.7 Å². The summed E-state index contributed by atoms with van der Waals surface area (Å²) < 4.78 is 10.9. The van der Waals surface area contributed by atoms with Crippen LogP contribution in [0.5, 0.6) is 11.5 Å². The molecule has 1 aliphatic heterocycles. The van der Waals surface area contributed by atoms with Gasteiger partial charge in [0, 0.05) is 37.2 Å². The summed E-state index contributed by atoms with van der Waals surface area (Å²) in [5, 5.41) is 3.51. The highest BCUT2D eigenvalue weighted by molar-refractivity contribution is 14.0. The average Bonchev–Trinajstić information content (AvgIpc) is 2.60. The van der Waals surface area contributed by atoms with Crippen LogP contribution in [0.3, 0.4) is 0 Å². The van der Waals surface area contributed by atoms with Crippen LogP contribution in [0.2, 0.25) is 0 Å². The molecule has 0 radical (unpaired) electrons. The van der Waals surface area contributed by atoms with Gasteiger partial charge in [0.15, 0.2) is 17.5 Å². The summed E-state index contributed by atoms with van der Waals surface area (Å²) in [6.45, 7) is 7.60. The van der Waals surface area contributed by atoms with E-state index >= 15 is 0 Å². The number of halogens is 1. The zero-order chi connectivity index (χ0) is 18.3. The molecule has 0 atom stereocenters. The first-order valence-electron chi connectivity index (χ1n) is 8.79. The lowest BCUT2D eigenvalue weighted by Gasteiger charge is -2.39. The number of aliphatic imine (C=N–C) groups is 1. The van der Waals surface area contributed by atoms with Crippen LogP contribution in [0.25, 0.3) is 0 Å². The number of rotatable bonds is 6. The first-order chi connectivity index (χ1) is 12.0. The Bertz CT molecular complexity index is 596. The molecular formula is C19H32IN3O2S. The molecular weight excluding hydrogens is 461 g/mol. The number of methoxy groups -OCH3 is 2. The predicted octanol–water partition coefficient (Wildman–Crippen LogP) is 3.66. The van der Waals surface area contributed by atoms with Gasteiger partial charge in [0.25, 0.3) is 0 Å². The summed E-state index contributed by atoms with van der Waals surface area (Å²) in [6, 6.07) is 6.12. The molecule has 0 aliphatic carbocycles. The number of aryl methyl sites for hydroxylation is 1. The highest BCUT2D eigenvalue weighted by Gasteiger charge is 2.28. The first kappa shape index (κ1) is 23.2. The first-order valence-corrected chi connectivity index (χ1v) is 9.78. The van der Waals surface area contributed by atoms with Crippen LogP contribution in [0, 0.1) is 0 Å². The summed E-state index contributed by atoms with van der Waals surface area (Å²) in [5.74, 6) is 3.73. The van der Waals surface area contributed by atoms with E-state index in [4.69, 9.17) is 9.47 Å². The standard InChI is InChI=1S/C19H31N3O2S.HI/c1-19(2)14-22(11-12-25-19)18(20-3)21-10-6-7-15-8-9-16(23-4)17(13-15)24-5;/h8-9,13H,6-7,10-12,14H2,1-5H3,(H,20,21);1H. The third-order valence-corrected chi connectivity index (χ3v) is 5.61. The lowest BCUT2D eigenvalue weighted by atomic mass is 10.1. The van der Waals surface area contributed by atoms with Gasteiger partial charge in [-0.15, -0.1) is 24.0 Å². The van der Waals surface area contributed by atoms with Crippen LogP contribution in [0.1, 0.15) is 25.8 Å². The minimum atomic E-state index is 0. The number of hydrogen-bond acceptors (Lipinski definition) is 4. The lowest BCUT2D eigenvalue weighted by molar-refractivity contribution is 0.354. The van der Waals surface area contributed by atoms with E-state index in [9.17, 15) is 0 Å². The maximum atomic E-state index is 5.37. The smallest absolute Gasteiger partial charge is 0.193 e. The maximum absolute atomic E-state index is 5.37. The summed E-state index contributed by atoms with van der Waals surface area (Å²) in [5.41, 5.74) is 1.25. The second-order valence-corrected chi connectivity index (χ2v) is 8.60. The highest BCUT2D eigenvalue weighted by atomic mass is 127. The molecule has 0 saturated carbocycles. The van der Waals surface area contributed by atoms with Crippen molar-refractivity contribution in [3.8, 4) is 11.5 Å². The van der Waals surface area contributed by atoms with E-state index in [2.05, 4.69) is 41.2 Å². The van der Waals surface area contributed by atoms with Gasteiger partial charge in [0.05, 0.1) is 14.2 Å². The molecule has 1 aliphatic rings. The molecule has 5 nitrogen and oxygen atoms in total. The number of guanidine groups is 1. The summed E-state index contributed by atoms with van der Waals surface area (Å²) in [4.78, 5) is 6.83. The third-order valence-electron chi connectivity index (χ3n) is 4.31. The van der Waals surface area contributed by atoms with Crippen molar-refractivity contribution < 1.29 is 9.47 Å². The molecule has 1 heterocycles. The van der Waals surface area contributed by atoms with Crippen LogP contribution in [0.15, 0.2) is 23.2 Å². The van der Waals surface area contributed by atoms with Gasteiger partial charge in [-0.1, -0.05) is 6.07 Å². The van der Waals surface area contributed by atoms with E-state index in [1.165, 1.54) is 5.56 Å². The zero-order valence-electron chi connectivity index (χ0n) is 16.5. The van der Waals surface area contributed by atoms with E-state index in [1.54, 1.807) is 14.2 Å². The van der Waals surface area contributed by atoms with Gasteiger partial charge in [-0.05, 0) is 44.4 Å². The zero-order valence-corrected chi connectivity index (χ0v) is 19.6. The number of thioether (sulfide) groups is 1. The van der Waals surface area contributed by atoms with Gasteiger partial charge in [0.1, 0.15) is 0 Å². The molecule has 0 bridgehead atoms. The Morgan fingerprint density at radius 1 is 1.27 bits per heavy atom. The molecule has 1 N–H and O–H groups in total. The van der Waals surface area contributed by atoms with Gasteiger partial charge in [0.2, 0.25) is 0 Å². The molecule has 26 heavy (non-hydrogen) atoms. The van der Waals surface area contributed by atoms with Crippen LogP contribution in [-0.2, 0) is 6.42 Å². The highest BCUT2D eigenvalue weighted by Crippen LogP contribution is 2.29. The Morgan fingerprint density at radius 2 is 2.00 bits per heavy atom. The number of hydrogen-bond donors (Lipinski definition) is 1. The fraction of sp³-hybridized carbons (Fsp3) is 0.632. The fourth-order valence-corrected chi connectivity index (χ4v) is 4.17. The Morgan fingerprint density at radius 3 is 2.62 bits per heavy atom. The molecule has 148 valence electrons. The number of nitrogens with zero attached hydrogens (tertiary/aromatic N) is 2. The van der Waals surface area contributed by atoms with E-state index in [1.807, 2.05) is 24.9 Å². The van der Waals surface area contributed by atoms with Crippen molar-refractivity contribution in [1.29, 1.82) is 0 Å². The van der Waals surface area contributed by atoms with E-state index < -0.39 is 0 Å². The van der Waals surface area contributed by atoms with Gasteiger partial charge in [-0.25, -0.2) is 0 Å². The summed E-state index contributed by atoms with van der Waals surface area (Å²) >= 11 is 2.04. The summed E-state index contributed by atoms with van der Waals surface area (Å²) in [6.07, 6.45) is 2.03. The molecule has 1 aromatic carbocycles. The second-order valence-electron chi connectivity index (χ2n) is 6.80. The van der Waals surface area contributed by atoms with Crippen molar-refractivity contribution in [2.75, 3.05) is 46.7 Å². The number of nitrogens with one attached hydrogen (secondary N) is 1. The van der Waals surface area contributed by atoms with Crippen LogP contribution < -0.4 is 14.8 Å². The Kier molecular flexibility index (Phi) is 9.92. The van der Waals surface area contributed by atoms with Gasteiger partial charge >= 0.3 is 0 Å². The number of benzene rings is 1. The van der Waals surface area contributed by atoms with Crippen molar-refractivity contribution >= 4 is 41.7 Å². The minimum Gasteiger partial charge on any atom is -0.493 e. The molecule has 1 saturated heterocycles. The average molecular weight is 493 g/mol. The van der Waals surface area contributed by atoms with Gasteiger partial charge in [-0.2, -0.15) is 11.8 Å². The third kappa shape index (κ3) is 6.72. The van der Waals surface area contributed by atoms with Crippen LogP contribution in [-0.4, -0.2) is 62.3 Å². The fourth-order valence-electron chi connectivity index (χ4n) is 3.06. The van der Waals surface area contributed by atoms with E-state index in [0.717, 1.165) is 55.7 Å². The quantitative estimate of drug-likeness (QED) is 0.284. The monoisotopic (exact) mass is 493 g/mol. The minimum absolute atomic E-state index is 0. The normalized spacial score (nSPS) is 16.7. The van der Waals surface area contributed by atoms with Crippen LogP contribution in [0.4, 0.5) is 0 Å². The molecule has 1 fully saturated rings. The molecule has 2 rings (SSSR count). The molecule has 0 unspecified atom stereocenters. The van der Waals surface area contributed by atoms with Crippen molar-refractivity contribution in [3.05, 3.63) is 23.8 Å². The van der Waals surface area contributed by atoms with Gasteiger partial charge < -0.3 is 19.7 Å². The Hall–Kier alpha value is -0.830. The van der Waals surface area contributed by atoms with Gasteiger partial charge in [-0.3, -0.25) is 4.99 Å². The van der Waals surface area contributed by atoms with Crippen molar-refractivity contribution in [2.45, 2.75) is 31.4 Å². The Balaban J connectivity index is 0.00000338. The van der Waals surface area contributed by atoms with Crippen molar-refractivity contribution in [3.63, 3.8) is 0 Å². The predicted molar refractivity (Wildman–Crippen MR) is 123 cm³/mol. The topological polar surface area (TPSA) is 46.1 Å². The molecule has 7 heteroatoms. The van der Waals surface area contributed by atoms with E-state index in [-0.39, 0.29) is 28.7 Å². The van der Waals surface area contributed by atoms with Crippen molar-refractivity contribution in [1.82, 2.24) is 10.2 Å². The summed E-state index contributed by atoms with van der Waals surface area (Å²) in [7, 11) is 5.20.